The van der Waals surface area contributed by atoms with E-state index in [0.29, 0.717) is 32.8 Å². The average molecular weight is 389 g/mol. The highest BCUT2D eigenvalue weighted by Crippen LogP contribution is 2.17. The molecule has 2 rings (SSSR count). The molecule has 3 amide bonds. The topological polar surface area (TPSA) is 88.2 Å². The van der Waals surface area contributed by atoms with Gasteiger partial charge in [-0.3, -0.25) is 9.59 Å². The number of nitrogens with zero attached hydrogens (tertiary/aromatic N) is 2. The second-order valence-electron chi connectivity index (χ2n) is 6.34. The molecule has 1 fully saturated rings. The summed E-state index contributed by atoms with van der Waals surface area (Å²) in [6, 6.07) is 7.38. The van der Waals surface area contributed by atoms with Crippen molar-refractivity contribution in [3.63, 3.8) is 0 Å². The van der Waals surface area contributed by atoms with Crippen LogP contribution in [0, 0.1) is 0 Å². The number of benzene rings is 1. The molecule has 1 aromatic carbocycles. The lowest BCUT2D eigenvalue weighted by Gasteiger charge is -2.34. The van der Waals surface area contributed by atoms with Crippen molar-refractivity contribution in [2.45, 2.75) is 13.8 Å². The van der Waals surface area contributed by atoms with E-state index in [1.807, 2.05) is 31.2 Å². The third-order valence-electron chi connectivity index (χ3n) is 4.47. The maximum atomic E-state index is 12.3. The molecule has 1 aliphatic rings. The van der Waals surface area contributed by atoms with Crippen LogP contribution in [-0.2, 0) is 14.3 Å². The lowest BCUT2D eigenvalue weighted by molar-refractivity contribution is -0.133. The van der Waals surface area contributed by atoms with Gasteiger partial charge in [-0.15, -0.1) is 0 Å². The molecule has 1 N–H and O–H groups in total. The van der Waals surface area contributed by atoms with Gasteiger partial charge in [0.15, 0.2) is 0 Å². The van der Waals surface area contributed by atoms with E-state index >= 15 is 0 Å². The van der Waals surface area contributed by atoms with Gasteiger partial charge in [0.1, 0.15) is 5.75 Å². The van der Waals surface area contributed by atoms with Gasteiger partial charge in [0.2, 0.25) is 11.8 Å². The molecule has 28 heavy (non-hydrogen) atoms. The Bertz CT molecular complexity index is 722. The lowest BCUT2D eigenvalue weighted by atomic mass is 10.1. The van der Waals surface area contributed by atoms with Crippen LogP contribution in [0.5, 0.6) is 5.75 Å². The van der Waals surface area contributed by atoms with Crippen molar-refractivity contribution in [1.29, 1.82) is 0 Å². The molecule has 0 spiro atoms. The minimum absolute atomic E-state index is 0.0787. The first-order valence-electron chi connectivity index (χ1n) is 9.24. The largest absolute Gasteiger partial charge is 0.497 e. The number of piperazine rings is 1. The van der Waals surface area contributed by atoms with Crippen molar-refractivity contribution >= 4 is 23.5 Å². The first kappa shape index (κ1) is 21.3. The summed E-state index contributed by atoms with van der Waals surface area (Å²) in [5.41, 5.74) is 1.69. The van der Waals surface area contributed by atoms with Gasteiger partial charge in [0.05, 0.1) is 20.3 Å². The molecule has 0 bridgehead atoms. The summed E-state index contributed by atoms with van der Waals surface area (Å²) in [6.45, 7) is 5.54. The number of carbonyl (C=O) groups excluding carboxylic acids is 3. The predicted molar refractivity (Wildman–Crippen MR) is 105 cm³/mol. The zero-order valence-electron chi connectivity index (χ0n) is 16.6. The van der Waals surface area contributed by atoms with Gasteiger partial charge < -0.3 is 24.6 Å². The summed E-state index contributed by atoms with van der Waals surface area (Å²) in [5, 5.41) is 2.62. The predicted octanol–water partition coefficient (Wildman–Crippen LogP) is 1.52. The van der Waals surface area contributed by atoms with Crippen molar-refractivity contribution in [1.82, 2.24) is 15.1 Å². The van der Waals surface area contributed by atoms with E-state index < -0.39 is 0 Å². The van der Waals surface area contributed by atoms with Crippen molar-refractivity contribution < 1.29 is 23.9 Å². The number of ether oxygens (including phenoxy) is 2. The van der Waals surface area contributed by atoms with Gasteiger partial charge in [-0.05, 0) is 37.1 Å². The Labute approximate surface area is 165 Å². The second-order valence-corrected chi connectivity index (χ2v) is 6.34. The Morgan fingerprint density at radius 2 is 1.68 bits per heavy atom. The molecule has 8 nitrogen and oxygen atoms in total. The zero-order chi connectivity index (χ0) is 20.5. The van der Waals surface area contributed by atoms with Crippen LogP contribution in [0.15, 0.2) is 30.3 Å². The SMILES string of the molecule is CCOC(=O)N1CCN(C(=O)CNC(=O)/C=C(\C)c2ccc(OC)cc2)CC1. The van der Waals surface area contributed by atoms with Crippen molar-refractivity contribution in [2.75, 3.05) is 46.4 Å². The number of carbonyl (C=O) groups is 3. The second kappa shape index (κ2) is 10.3. The van der Waals surface area contributed by atoms with Gasteiger partial charge >= 0.3 is 6.09 Å². The van der Waals surface area contributed by atoms with E-state index in [2.05, 4.69) is 5.32 Å². The molecule has 1 saturated heterocycles. The Kier molecular flexibility index (Phi) is 7.86. The monoisotopic (exact) mass is 389 g/mol. The molecule has 0 unspecified atom stereocenters. The van der Waals surface area contributed by atoms with E-state index in [9.17, 15) is 14.4 Å². The smallest absolute Gasteiger partial charge is 0.409 e. The number of nitrogens with one attached hydrogen (secondary N) is 1. The highest BCUT2D eigenvalue weighted by atomic mass is 16.6. The minimum Gasteiger partial charge on any atom is -0.497 e. The standard InChI is InChI=1S/C20H27N3O5/c1-4-28-20(26)23-11-9-22(10-12-23)19(25)14-21-18(24)13-15(2)16-5-7-17(27-3)8-6-16/h5-8,13H,4,9-12,14H2,1-3H3,(H,21,24)/b15-13+. The molecule has 0 radical (unpaired) electrons. The molecule has 1 heterocycles. The number of rotatable bonds is 6. The van der Waals surface area contributed by atoms with Crippen LogP contribution in [-0.4, -0.2) is 74.1 Å². The fourth-order valence-corrected chi connectivity index (χ4v) is 2.81. The summed E-state index contributed by atoms with van der Waals surface area (Å²) in [6.07, 6.45) is 1.11. The fraction of sp³-hybridized carbons (Fsp3) is 0.450. The first-order chi connectivity index (χ1) is 13.4. The molecule has 1 aromatic rings. The van der Waals surface area contributed by atoms with E-state index in [4.69, 9.17) is 9.47 Å². The summed E-state index contributed by atoms with van der Waals surface area (Å²) >= 11 is 0. The van der Waals surface area contributed by atoms with Crippen LogP contribution in [0.4, 0.5) is 4.79 Å². The van der Waals surface area contributed by atoms with Crippen LogP contribution in [0.3, 0.4) is 0 Å². The summed E-state index contributed by atoms with van der Waals surface area (Å²) in [5.74, 6) is 0.244. The Balaban J connectivity index is 1.79. The van der Waals surface area contributed by atoms with Gasteiger partial charge in [-0.25, -0.2) is 4.79 Å². The van der Waals surface area contributed by atoms with Gasteiger partial charge in [0.25, 0.3) is 0 Å². The van der Waals surface area contributed by atoms with Crippen molar-refractivity contribution in [3.05, 3.63) is 35.9 Å². The summed E-state index contributed by atoms with van der Waals surface area (Å²) in [4.78, 5) is 39.3. The van der Waals surface area contributed by atoms with Gasteiger partial charge in [-0.2, -0.15) is 0 Å². The molecular formula is C20H27N3O5. The van der Waals surface area contributed by atoms with Crippen LogP contribution in [0.2, 0.25) is 0 Å². The van der Waals surface area contributed by atoms with E-state index in [-0.39, 0.29) is 24.5 Å². The molecule has 0 saturated carbocycles. The van der Waals surface area contributed by atoms with E-state index in [0.717, 1.165) is 16.9 Å². The maximum Gasteiger partial charge on any atom is 0.409 e. The van der Waals surface area contributed by atoms with Gasteiger partial charge in [0, 0.05) is 32.3 Å². The third-order valence-corrected chi connectivity index (χ3v) is 4.47. The van der Waals surface area contributed by atoms with Crippen LogP contribution in [0.1, 0.15) is 19.4 Å². The quantitative estimate of drug-likeness (QED) is 0.745. The van der Waals surface area contributed by atoms with Crippen molar-refractivity contribution in [3.8, 4) is 5.75 Å². The average Bonchev–Trinajstić information content (AvgIpc) is 2.72. The van der Waals surface area contributed by atoms with Crippen LogP contribution < -0.4 is 10.1 Å². The Hall–Kier alpha value is -3.03. The van der Waals surface area contributed by atoms with E-state index in [1.165, 1.54) is 6.08 Å². The molecule has 0 atom stereocenters. The third kappa shape index (κ3) is 6.00. The lowest BCUT2D eigenvalue weighted by Crippen LogP contribution is -2.52. The number of methoxy groups -OCH3 is 1. The molecule has 1 aliphatic heterocycles. The molecule has 0 aromatic heterocycles. The molecule has 152 valence electrons. The Morgan fingerprint density at radius 3 is 2.25 bits per heavy atom. The molecule has 0 aliphatic carbocycles. The van der Waals surface area contributed by atoms with Crippen LogP contribution >= 0.6 is 0 Å². The number of hydrogen-bond acceptors (Lipinski definition) is 5. The number of hydrogen-bond donors (Lipinski definition) is 1. The highest BCUT2D eigenvalue weighted by molar-refractivity contribution is 5.96. The first-order valence-corrected chi connectivity index (χ1v) is 9.24. The Morgan fingerprint density at radius 1 is 1.07 bits per heavy atom. The minimum atomic E-state index is -0.359. The normalized spacial score (nSPS) is 14.5. The summed E-state index contributed by atoms with van der Waals surface area (Å²) < 4.78 is 10.1. The maximum absolute atomic E-state index is 12.3. The molecular weight excluding hydrogens is 362 g/mol. The van der Waals surface area contributed by atoms with E-state index in [1.54, 1.807) is 23.8 Å². The van der Waals surface area contributed by atoms with Crippen molar-refractivity contribution in [2.24, 2.45) is 0 Å². The van der Waals surface area contributed by atoms with Crippen LogP contribution in [0.25, 0.3) is 5.57 Å². The highest BCUT2D eigenvalue weighted by Gasteiger charge is 2.24. The summed E-state index contributed by atoms with van der Waals surface area (Å²) in [7, 11) is 1.60. The molecule has 8 heteroatoms. The number of amides is 3. The number of allylic oxidation sites excluding steroid dienone is 1. The van der Waals surface area contributed by atoms with Gasteiger partial charge in [-0.1, -0.05) is 12.1 Å². The zero-order valence-corrected chi connectivity index (χ0v) is 16.6. The fourth-order valence-electron chi connectivity index (χ4n) is 2.81.